The number of carbonyl (C=O) groups excluding carboxylic acids is 2. The maximum Gasteiger partial charge on any atom is 0.332 e. The minimum atomic E-state index is -3.85. The Bertz CT molecular complexity index is 1270. The minimum absolute atomic E-state index is 0.178. The molecule has 0 atom stereocenters. The molecule has 2 amide bonds. The number of urea groups is 1. The number of nitrogens with one attached hydrogen (secondary N) is 2. The highest BCUT2D eigenvalue weighted by atomic mass is 32.2. The van der Waals surface area contributed by atoms with E-state index < -0.39 is 22.5 Å². The largest absolute Gasteiger partial charge is 0.425 e. The molecule has 2 N–H and O–H groups in total. The average Bonchev–Trinajstić information content (AvgIpc) is 2.96. The van der Waals surface area contributed by atoms with Gasteiger partial charge in [-0.15, -0.1) is 0 Å². The highest BCUT2D eigenvalue weighted by molar-refractivity contribution is 7.93. The summed E-state index contributed by atoms with van der Waals surface area (Å²) < 4.78 is 32.4. The molecule has 0 spiro atoms. The lowest BCUT2D eigenvalue weighted by Crippen LogP contribution is -2.34. The lowest BCUT2D eigenvalue weighted by atomic mass is 10.1. The molecule has 3 aromatic rings. The van der Waals surface area contributed by atoms with E-state index in [0.717, 1.165) is 16.1 Å². The summed E-state index contributed by atoms with van der Waals surface area (Å²) in [5.74, 6) is -0.536. The van der Waals surface area contributed by atoms with Crippen molar-refractivity contribution in [2.75, 3.05) is 22.7 Å². The first-order valence-corrected chi connectivity index (χ1v) is 11.2. The van der Waals surface area contributed by atoms with Crippen molar-refractivity contribution in [3.8, 4) is 5.75 Å². The number of nitrogens with zero attached hydrogens (tertiary/aromatic N) is 1. The highest BCUT2D eigenvalue weighted by Gasteiger charge is 2.37. The van der Waals surface area contributed by atoms with Gasteiger partial charge in [0.05, 0.1) is 10.6 Å². The van der Waals surface area contributed by atoms with Gasteiger partial charge in [0, 0.05) is 23.7 Å². The van der Waals surface area contributed by atoms with Crippen LogP contribution in [0.5, 0.6) is 5.75 Å². The van der Waals surface area contributed by atoms with Gasteiger partial charge in [-0.2, -0.15) is 0 Å². The van der Waals surface area contributed by atoms with Gasteiger partial charge in [-0.3, -0.25) is 4.31 Å². The lowest BCUT2D eigenvalue weighted by molar-refractivity contribution is -0.132. The second kappa shape index (κ2) is 8.27. The van der Waals surface area contributed by atoms with Crippen molar-refractivity contribution in [1.29, 1.82) is 0 Å². The molecule has 31 heavy (non-hydrogen) atoms. The van der Waals surface area contributed by atoms with Crippen LogP contribution in [0.1, 0.15) is 13.3 Å². The second-order valence-corrected chi connectivity index (χ2v) is 8.86. The van der Waals surface area contributed by atoms with Gasteiger partial charge >= 0.3 is 12.0 Å². The third-order valence-electron chi connectivity index (χ3n) is 4.81. The summed E-state index contributed by atoms with van der Waals surface area (Å²) >= 11 is 0. The lowest BCUT2D eigenvalue weighted by Gasteiger charge is -2.18. The average molecular weight is 439 g/mol. The molecule has 0 fully saturated rings. The normalized spacial score (nSPS) is 13.8. The van der Waals surface area contributed by atoms with Crippen molar-refractivity contribution >= 4 is 44.2 Å². The summed E-state index contributed by atoms with van der Waals surface area (Å²) in [6, 6.07) is 16.3. The monoisotopic (exact) mass is 439 g/mol. The maximum atomic E-state index is 13.0. The van der Waals surface area contributed by atoms with E-state index >= 15 is 0 Å². The summed E-state index contributed by atoms with van der Waals surface area (Å²) in [4.78, 5) is 24.6. The van der Waals surface area contributed by atoms with Crippen LogP contribution in [-0.2, 0) is 14.8 Å². The maximum absolute atomic E-state index is 13.0. The van der Waals surface area contributed by atoms with E-state index in [1.54, 1.807) is 36.4 Å². The molecule has 0 aliphatic carbocycles. The van der Waals surface area contributed by atoms with E-state index in [4.69, 9.17) is 4.74 Å². The third kappa shape index (κ3) is 4.04. The Morgan fingerprint density at radius 3 is 2.55 bits per heavy atom. The van der Waals surface area contributed by atoms with Crippen molar-refractivity contribution in [1.82, 2.24) is 5.32 Å². The van der Waals surface area contributed by atoms with Crippen LogP contribution in [0.4, 0.5) is 16.2 Å². The van der Waals surface area contributed by atoms with E-state index in [9.17, 15) is 18.0 Å². The molecule has 0 bridgehead atoms. The van der Waals surface area contributed by atoms with E-state index in [-0.39, 0.29) is 16.7 Å². The number of amides is 2. The number of hydrogen-bond donors (Lipinski definition) is 2. The van der Waals surface area contributed by atoms with Gasteiger partial charge in [0.2, 0.25) is 0 Å². The molecule has 0 aromatic heterocycles. The van der Waals surface area contributed by atoms with Crippen LogP contribution in [-0.4, -0.2) is 33.5 Å². The van der Waals surface area contributed by atoms with Crippen molar-refractivity contribution in [3.05, 3.63) is 60.7 Å². The fourth-order valence-corrected chi connectivity index (χ4v) is 5.12. The molecule has 0 unspecified atom stereocenters. The molecule has 1 heterocycles. The van der Waals surface area contributed by atoms with Crippen LogP contribution in [0.25, 0.3) is 10.8 Å². The molecule has 1 aliphatic rings. The minimum Gasteiger partial charge on any atom is -0.425 e. The molecule has 8 nitrogen and oxygen atoms in total. The SMILES string of the molecule is CCCNC(=O)Nc1cccc(OC(=O)CN2c3cccc4cccc(c34)S2(=O)=O)c1. The topological polar surface area (TPSA) is 105 Å². The number of carbonyl (C=O) groups is 2. The number of esters is 1. The Hall–Kier alpha value is -3.59. The standard InChI is InChI=1S/C22H21N3O5S/c1-2-12-23-22(27)24-16-8-5-9-17(13-16)30-20(26)14-25-18-10-3-6-15-7-4-11-19(21(15)18)31(25,28)29/h3-11,13H,2,12,14H2,1H3,(H2,23,24,27). The molecule has 0 saturated heterocycles. The summed E-state index contributed by atoms with van der Waals surface area (Å²) in [6.45, 7) is 2.02. The van der Waals surface area contributed by atoms with E-state index in [1.807, 2.05) is 19.1 Å². The highest BCUT2D eigenvalue weighted by Crippen LogP contribution is 2.41. The quantitative estimate of drug-likeness (QED) is 0.452. The van der Waals surface area contributed by atoms with Gasteiger partial charge in [-0.25, -0.2) is 18.0 Å². The molecule has 160 valence electrons. The third-order valence-corrected chi connectivity index (χ3v) is 6.62. The number of benzene rings is 3. The summed E-state index contributed by atoms with van der Waals surface area (Å²) in [7, 11) is -3.85. The predicted molar refractivity (Wildman–Crippen MR) is 118 cm³/mol. The van der Waals surface area contributed by atoms with Crippen LogP contribution >= 0.6 is 0 Å². The van der Waals surface area contributed by atoms with Gasteiger partial charge < -0.3 is 15.4 Å². The van der Waals surface area contributed by atoms with E-state index in [0.29, 0.717) is 23.3 Å². The number of rotatable bonds is 6. The first kappa shape index (κ1) is 20.7. The fraction of sp³-hybridized carbons (Fsp3) is 0.182. The van der Waals surface area contributed by atoms with E-state index in [1.165, 1.54) is 12.1 Å². The van der Waals surface area contributed by atoms with Crippen LogP contribution in [0.2, 0.25) is 0 Å². The fourth-order valence-electron chi connectivity index (χ4n) is 3.46. The van der Waals surface area contributed by atoms with Gasteiger partial charge in [-0.05, 0) is 36.1 Å². The first-order valence-electron chi connectivity index (χ1n) is 9.80. The molecular formula is C22H21N3O5S. The number of sulfonamides is 1. The Morgan fingerprint density at radius 1 is 1.03 bits per heavy atom. The van der Waals surface area contributed by atoms with Gasteiger partial charge in [0.25, 0.3) is 10.0 Å². The smallest absolute Gasteiger partial charge is 0.332 e. The summed E-state index contributed by atoms with van der Waals surface area (Å²) in [5, 5.41) is 6.73. The number of ether oxygens (including phenoxy) is 1. The van der Waals surface area contributed by atoms with Crippen LogP contribution in [0, 0.1) is 0 Å². The van der Waals surface area contributed by atoms with Crippen LogP contribution in [0.3, 0.4) is 0 Å². The molecule has 1 aliphatic heterocycles. The van der Waals surface area contributed by atoms with Gasteiger partial charge in [0.15, 0.2) is 0 Å². The zero-order valence-corrected chi connectivity index (χ0v) is 17.6. The predicted octanol–water partition coefficient (Wildman–Crippen LogP) is 3.49. The Kier molecular flexibility index (Phi) is 5.51. The zero-order chi connectivity index (χ0) is 22.0. The van der Waals surface area contributed by atoms with Crippen molar-refractivity contribution in [2.24, 2.45) is 0 Å². The number of hydrogen-bond acceptors (Lipinski definition) is 5. The zero-order valence-electron chi connectivity index (χ0n) is 16.8. The summed E-state index contributed by atoms with van der Waals surface area (Å²) in [6.07, 6.45) is 0.808. The van der Waals surface area contributed by atoms with Crippen molar-refractivity contribution < 1.29 is 22.7 Å². The van der Waals surface area contributed by atoms with Crippen molar-refractivity contribution in [2.45, 2.75) is 18.2 Å². The second-order valence-electron chi connectivity index (χ2n) is 7.03. The van der Waals surface area contributed by atoms with Crippen LogP contribution < -0.4 is 19.7 Å². The van der Waals surface area contributed by atoms with Gasteiger partial charge in [0.1, 0.15) is 12.3 Å². The first-order chi connectivity index (χ1) is 14.9. The Labute approximate surface area is 179 Å². The molecule has 0 saturated carbocycles. The number of anilines is 2. The molecular weight excluding hydrogens is 418 g/mol. The molecule has 4 rings (SSSR count). The molecule has 9 heteroatoms. The van der Waals surface area contributed by atoms with Gasteiger partial charge in [-0.1, -0.05) is 37.3 Å². The van der Waals surface area contributed by atoms with E-state index in [2.05, 4.69) is 10.6 Å². The Morgan fingerprint density at radius 2 is 1.77 bits per heavy atom. The van der Waals surface area contributed by atoms with Crippen LogP contribution in [0.15, 0.2) is 65.6 Å². The van der Waals surface area contributed by atoms with Crippen molar-refractivity contribution in [3.63, 3.8) is 0 Å². The summed E-state index contributed by atoms with van der Waals surface area (Å²) in [5.41, 5.74) is 0.901. The molecule has 3 aromatic carbocycles. The Balaban J connectivity index is 1.50. The molecule has 0 radical (unpaired) electrons.